The van der Waals surface area contributed by atoms with E-state index in [0.29, 0.717) is 6.04 Å². The fourth-order valence-corrected chi connectivity index (χ4v) is 2.09. The van der Waals surface area contributed by atoms with Gasteiger partial charge in [-0.15, -0.1) is 0 Å². The van der Waals surface area contributed by atoms with Crippen LogP contribution in [0.25, 0.3) is 0 Å². The summed E-state index contributed by atoms with van der Waals surface area (Å²) in [5.41, 5.74) is 3.84. The van der Waals surface area contributed by atoms with Gasteiger partial charge in [-0.2, -0.15) is 0 Å². The van der Waals surface area contributed by atoms with E-state index in [1.165, 1.54) is 16.7 Å². The molecule has 2 aromatic heterocycles. The largest absolute Gasteiger partial charge is 0.472 e. The molecule has 3 nitrogen and oxygen atoms in total. The van der Waals surface area contributed by atoms with E-state index < -0.39 is 0 Å². The maximum absolute atomic E-state index is 5.11. The van der Waals surface area contributed by atoms with Gasteiger partial charge in [-0.1, -0.05) is 6.92 Å². The van der Waals surface area contributed by atoms with E-state index in [1.807, 2.05) is 25.5 Å². The molecule has 0 fully saturated rings. The lowest BCUT2D eigenvalue weighted by atomic mass is 9.96. The monoisotopic (exact) mass is 230 g/mol. The Morgan fingerprint density at radius 2 is 2.29 bits per heavy atom. The smallest absolute Gasteiger partial charge is 0.0935 e. The van der Waals surface area contributed by atoms with E-state index in [4.69, 9.17) is 4.42 Å². The molecule has 1 N–H and O–H groups in total. The quantitative estimate of drug-likeness (QED) is 0.858. The zero-order chi connectivity index (χ0) is 12.1. The molecule has 0 radical (unpaired) electrons. The third-order valence-electron chi connectivity index (χ3n) is 3.07. The van der Waals surface area contributed by atoms with E-state index in [0.717, 1.165) is 12.8 Å². The molecule has 1 unspecified atom stereocenters. The Hall–Kier alpha value is -1.61. The Morgan fingerprint density at radius 1 is 1.41 bits per heavy atom. The summed E-state index contributed by atoms with van der Waals surface area (Å²) in [7, 11) is 1.99. The topological polar surface area (TPSA) is 38.1 Å². The molecular weight excluding hydrogens is 212 g/mol. The van der Waals surface area contributed by atoms with Crippen LogP contribution in [0.4, 0.5) is 0 Å². The molecule has 2 heterocycles. The van der Waals surface area contributed by atoms with Crippen LogP contribution in [0.1, 0.15) is 29.7 Å². The maximum atomic E-state index is 5.11. The minimum atomic E-state index is 0.311. The molecule has 0 aromatic carbocycles. The Kier molecular flexibility index (Phi) is 3.94. The Morgan fingerprint density at radius 3 is 2.94 bits per heavy atom. The van der Waals surface area contributed by atoms with Crippen LogP contribution in [-0.2, 0) is 12.8 Å². The average molecular weight is 230 g/mol. The fraction of sp³-hybridized carbons (Fsp3) is 0.357. The Bertz CT molecular complexity index is 451. The fourth-order valence-electron chi connectivity index (χ4n) is 2.09. The van der Waals surface area contributed by atoms with Crippen molar-refractivity contribution < 1.29 is 4.42 Å². The standard InChI is InChI=1S/C14H18N2O/c1-3-12-9-16-6-4-13(12)14(15-2)8-11-5-7-17-10-11/h4-7,9-10,14-15H,3,8H2,1-2H3. The molecule has 90 valence electrons. The van der Waals surface area contributed by atoms with Gasteiger partial charge in [0.2, 0.25) is 0 Å². The molecule has 0 saturated carbocycles. The van der Waals surface area contributed by atoms with E-state index in [9.17, 15) is 0 Å². The molecule has 0 saturated heterocycles. The Balaban J connectivity index is 2.22. The summed E-state index contributed by atoms with van der Waals surface area (Å²) in [6.07, 6.45) is 9.27. The summed E-state index contributed by atoms with van der Waals surface area (Å²) >= 11 is 0. The summed E-state index contributed by atoms with van der Waals surface area (Å²) in [6.45, 7) is 2.16. The number of aromatic nitrogens is 1. The van der Waals surface area contributed by atoms with Crippen LogP contribution in [0.2, 0.25) is 0 Å². The average Bonchev–Trinajstić information content (AvgIpc) is 2.89. The van der Waals surface area contributed by atoms with Gasteiger partial charge in [0, 0.05) is 18.4 Å². The summed E-state index contributed by atoms with van der Waals surface area (Å²) in [4.78, 5) is 4.18. The summed E-state index contributed by atoms with van der Waals surface area (Å²) in [5.74, 6) is 0. The molecule has 0 amide bonds. The van der Waals surface area contributed by atoms with Gasteiger partial charge in [-0.05, 0) is 48.7 Å². The first-order chi connectivity index (χ1) is 8.35. The first-order valence-corrected chi connectivity index (χ1v) is 5.96. The highest BCUT2D eigenvalue weighted by Gasteiger charge is 2.13. The third-order valence-corrected chi connectivity index (χ3v) is 3.07. The predicted molar refractivity (Wildman–Crippen MR) is 67.8 cm³/mol. The lowest BCUT2D eigenvalue weighted by Crippen LogP contribution is -2.20. The molecule has 1 atom stereocenters. The van der Waals surface area contributed by atoms with Crippen LogP contribution in [0.3, 0.4) is 0 Å². The van der Waals surface area contributed by atoms with E-state index in [1.54, 1.807) is 12.5 Å². The molecular formula is C14H18N2O. The minimum Gasteiger partial charge on any atom is -0.472 e. The molecule has 0 aliphatic rings. The van der Waals surface area contributed by atoms with Crippen LogP contribution in [0, 0.1) is 0 Å². The number of likely N-dealkylation sites (N-methyl/N-ethyl adjacent to an activating group) is 1. The molecule has 0 spiro atoms. The van der Waals surface area contributed by atoms with Gasteiger partial charge in [-0.3, -0.25) is 4.98 Å². The van der Waals surface area contributed by atoms with Crippen molar-refractivity contribution in [2.24, 2.45) is 0 Å². The summed E-state index contributed by atoms with van der Waals surface area (Å²) in [6, 6.07) is 4.42. The second-order valence-electron chi connectivity index (χ2n) is 4.11. The number of nitrogens with one attached hydrogen (secondary N) is 1. The molecule has 0 aliphatic heterocycles. The highest BCUT2D eigenvalue weighted by Crippen LogP contribution is 2.21. The zero-order valence-electron chi connectivity index (χ0n) is 10.3. The van der Waals surface area contributed by atoms with Crippen LogP contribution >= 0.6 is 0 Å². The van der Waals surface area contributed by atoms with Gasteiger partial charge >= 0.3 is 0 Å². The van der Waals surface area contributed by atoms with Crippen LogP contribution in [0.15, 0.2) is 41.5 Å². The van der Waals surface area contributed by atoms with Crippen molar-refractivity contribution in [1.82, 2.24) is 10.3 Å². The first kappa shape index (κ1) is 11.9. The lowest BCUT2D eigenvalue weighted by molar-refractivity contribution is 0.550. The van der Waals surface area contributed by atoms with Crippen molar-refractivity contribution in [2.75, 3.05) is 7.05 Å². The van der Waals surface area contributed by atoms with Crippen molar-refractivity contribution in [3.8, 4) is 0 Å². The molecule has 0 aliphatic carbocycles. The number of hydrogen-bond acceptors (Lipinski definition) is 3. The van der Waals surface area contributed by atoms with Crippen molar-refractivity contribution in [3.63, 3.8) is 0 Å². The number of nitrogens with zero attached hydrogens (tertiary/aromatic N) is 1. The highest BCUT2D eigenvalue weighted by molar-refractivity contribution is 5.28. The van der Waals surface area contributed by atoms with Gasteiger partial charge in [0.15, 0.2) is 0 Å². The van der Waals surface area contributed by atoms with Crippen molar-refractivity contribution >= 4 is 0 Å². The predicted octanol–water partition coefficient (Wildman–Crippen LogP) is 2.74. The molecule has 3 heteroatoms. The molecule has 2 rings (SSSR count). The lowest BCUT2D eigenvalue weighted by Gasteiger charge is -2.18. The highest BCUT2D eigenvalue weighted by atomic mass is 16.3. The second-order valence-corrected chi connectivity index (χ2v) is 4.11. The van der Waals surface area contributed by atoms with Gasteiger partial charge in [0.1, 0.15) is 0 Å². The van der Waals surface area contributed by atoms with Crippen molar-refractivity contribution in [3.05, 3.63) is 53.7 Å². The van der Waals surface area contributed by atoms with Crippen LogP contribution < -0.4 is 5.32 Å². The van der Waals surface area contributed by atoms with Gasteiger partial charge in [-0.25, -0.2) is 0 Å². The number of rotatable bonds is 5. The molecule has 2 aromatic rings. The van der Waals surface area contributed by atoms with Gasteiger partial charge < -0.3 is 9.73 Å². The number of furan rings is 1. The van der Waals surface area contributed by atoms with Crippen LogP contribution in [-0.4, -0.2) is 12.0 Å². The first-order valence-electron chi connectivity index (χ1n) is 5.96. The number of aryl methyl sites for hydroxylation is 1. The Labute approximate surface area is 102 Å². The van der Waals surface area contributed by atoms with Gasteiger partial charge in [0.25, 0.3) is 0 Å². The number of pyridine rings is 1. The van der Waals surface area contributed by atoms with Crippen LogP contribution in [0.5, 0.6) is 0 Å². The van der Waals surface area contributed by atoms with Crippen molar-refractivity contribution in [1.29, 1.82) is 0 Å². The number of hydrogen-bond donors (Lipinski definition) is 1. The SMILES string of the molecule is CCc1cnccc1C(Cc1ccoc1)NC. The van der Waals surface area contributed by atoms with E-state index in [-0.39, 0.29) is 0 Å². The maximum Gasteiger partial charge on any atom is 0.0935 e. The second kappa shape index (κ2) is 5.64. The van der Waals surface area contributed by atoms with E-state index in [2.05, 4.69) is 23.3 Å². The van der Waals surface area contributed by atoms with Crippen molar-refractivity contribution in [2.45, 2.75) is 25.8 Å². The van der Waals surface area contributed by atoms with Gasteiger partial charge in [0.05, 0.1) is 12.5 Å². The minimum absolute atomic E-state index is 0.311. The third kappa shape index (κ3) is 2.74. The van der Waals surface area contributed by atoms with E-state index >= 15 is 0 Å². The molecule has 0 bridgehead atoms. The summed E-state index contributed by atoms with van der Waals surface area (Å²) < 4.78 is 5.11. The summed E-state index contributed by atoms with van der Waals surface area (Å²) in [5, 5.41) is 3.36. The normalized spacial score (nSPS) is 12.6. The molecule has 17 heavy (non-hydrogen) atoms. The zero-order valence-corrected chi connectivity index (χ0v) is 10.3.